The number of anilines is 1. The van der Waals surface area contributed by atoms with Gasteiger partial charge >= 0.3 is 0 Å². The molecule has 0 radical (unpaired) electrons. The largest absolute Gasteiger partial charge is 0.389 e. The molecule has 3 nitrogen and oxygen atoms in total. The standard InChI is InChI=1S/C17H22N2O/c1-13(2)19(12-15-8-5-4-6-9-15)17-16(14(3)20)10-7-11-18-17/h4-11,13-14,20H,12H2,1-3H3/t14-/m1/s1. The SMILES string of the molecule is CC(C)N(Cc1ccccc1)c1ncccc1[C@@H](C)O. The van der Waals surface area contributed by atoms with Gasteiger partial charge in [-0.2, -0.15) is 0 Å². The van der Waals surface area contributed by atoms with Crippen LogP contribution < -0.4 is 4.90 Å². The molecule has 0 saturated carbocycles. The van der Waals surface area contributed by atoms with E-state index >= 15 is 0 Å². The predicted molar refractivity (Wildman–Crippen MR) is 82.6 cm³/mol. The molecule has 1 N–H and O–H groups in total. The van der Waals surface area contributed by atoms with Gasteiger partial charge in [-0.15, -0.1) is 0 Å². The van der Waals surface area contributed by atoms with E-state index in [2.05, 4.69) is 35.9 Å². The minimum absolute atomic E-state index is 0.308. The van der Waals surface area contributed by atoms with Crippen LogP contribution in [0.4, 0.5) is 5.82 Å². The molecule has 0 unspecified atom stereocenters. The van der Waals surface area contributed by atoms with Crippen molar-refractivity contribution in [2.24, 2.45) is 0 Å². The Kier molecular flexibility index (Phi) is 4.74. The van der Waals surface area contributed by atoms with Crippen molar-refractivity contribution in [2.75, 3.05) is 4.90 Å². The van der Waals surface area contributed by atoms with E-state index in [-0.39, 0.29) is 0 Å². The third-order valence-corrected chi connectivity index (χ3v) is 3.36. The van der Waals surface area contributed by atoms with E-state index < -0.39 is 6.10 Å². The lowest BCUT2D eigenvalue weighted by Gasteiger charge is -2.30. The summed E-state index contributed by atoms with van der Waals surface area (Å²) < 4.78 is 0. The summed E-state index contributed by atoms with van der Waals surface area (Å²) in [6.45, 7) is 6.85. The molecule has 0 aliphatic heterocycles. The highest BCUT2D eigenvalue weighted by Gasteiger charge is 2.18. The number of hydrogen-bond donors (Lipinski definition) is 1. The number of rotatable bonds is 5. The summed E-state index contributed by atoms with van der Waals surface area (Å²) in [6.07, 6.45) is 1.26. The summed E-state index contributed by atoms with van der Waals surface area (Å²) in [5.74, 6) is 0.862. The first-order chi connectivity index (χ1) is 9.59. The third-order valence-electron chi connectivity index (χ3n) is 3.36. The number of hydrogen-bond acceptors (Lipinski definition) is 3. The van der Waals surface area contributed by atoms with E-state index in [0.717, 1.165) is 17.9 Å². The van der Waals surface area contributed by atoms with E-state index in [9.17, 15) is 5.11 Å². The summed E-state index contributed by atoms with van der Waals surface area (Å²) in [7, 11) is 0. The van der Waals surface area contributed by atoms with Crippen molar-refractivity contribution in [1.82, 2.24) is 4.98 Å². The fourth-order valence-corrected chi connectivity index (χ4v) is 2.26. The fraction of sp³-hybridized carbons (Fsp3) is 0.353. The van der Waals surface area contributed by atoms with Crippen molar-refractivity contribution >= 4 is 5.82 Å². The summed E-state index contributed by atoms with van der Waals surface area (Å²) in [5, 5.41) is 9.93. The number of aromatic nitrogens is 1. The van der Waals surface area contributed by atoms with Gasteiger partial charge in [0.2, 0.25) is 0 Å². The van der Waals surface area contributed by atoms with E-state index in [1.54, 1.807) is 13.1 Å². The summed E-state index contributed by atoms with van der Waals surface area (Å²) in [6, 6.07) is 14.4. The van der Waals surface area contributed by atoms with Crippen molar-refractivity contribution < 1.29 is 5.11 Å². The number of pyridine rings is 1. The monoisotopic (exact) mass is 270 g/mol. The highest BCUT2D eigenvalue weighted by atomic mass is 16.3. The molecule has 0 bridgehead atoms. The average Bonchev–Trinajstić information content (AvgIpc) is 2.45. The number of benzene rings is 1. The van der Waals surface area contributed by atoms with E-state index in [1.165, 1.54) is 5.56 Å². The number of nitrogens with zero attached hydrogens (tertiary/aromatic N) is 2. The van der Waals surface area contributed by atoms with E-state index in [1.807, 2.05) is 30.3 Å². The first-order valence-corrected chi connectivity index (χ1v) is 7.03. The summed E-state index contributed by atoms with van der Waals surface area (Å²) in [4.78, 5) is 6.70. The van der Waals surface area contributed by atoms with Gasteiger partial charge in [0, 0.05) is 24.3 Å². The summed E-state index contributed by atoms with van der Waals surface area (Å²) in [5.41, 5.74) is 2.11. The maximum atomic E-state index is 9.93. The Morgan fingerprint density at radius 1 is 1.05 bits per heavy atom. The van der Waals surface area contributed by atoms with Crippen LogP contribution >= 0.6 is 0 Å². The lowest BCUT2D eigenvalue weighted by molar-refractivity contribution is 0.199. The second-order valence-corrected chi connectivity index (χ2v) is 5.30. The maximum Gasteiger partial charge on any atom is 0.134 e. The minimum Gasteiger partial charge on any atom is -0.389 e. The first kappa shape index (κ1) is 14.5. The van der Waals surface area contributed by atoms with Crippen LogP contribution in [-0.4, -0.2) is 16.1 Å². The van der Waals surface area contributed by atoms with Gasteiger partial charge < -0.3 is 10.0 Å². The quantitative estimate of drug-likeness (QED) is 0.902. The third kappa shape index (κ3) is 3.36. The molecule has 0 spiro atoms. The Morgan fingerprint density at radius 2 is 1.75 bits per heavy atom. The predicted octanol–water partition coefficient (Wildman–Crippen LogP) is 3.55. The van der Waals surface area contributed by atoms with Gasteiger partial charge in [-0.05, 0) is 32.4 Å². The van der Waals surface area contributed by atoms with E-state index in [4.69, 9.17) is 0 Å². The number of aliphatic hydroxyl groups excluding tert-OH is 1. The van der Waals surface area contributed by atoms with Crippen LogP contribution in [0.25, 0.3) is 0 Å². The molecule has 2 aromatic rings. The van der Waals surface area contributed by atoms with Crippen molar-refractivity contribution in [3.8, 4) is 0 Å². The van der Waals surface area contributed by atoms with Gasteiger partial charge in [-0.3, -0.25) is 0 Å². The van der Waals surface area contributed by atoms with Gasteiger partial charge in [0.15, 0.2) is 0 Å². The lowest BCUT2D eigenvalue weighted by atomic mass is 10.1. The molecule has 20 heavy (non-hydrogen) atoms. The molecule has 1 aromatic carbocycles. The topological polar surface area (TPSA) is 36.4 Å². The first-order valence-electron chi connectivity index (χ1n) is 7.03. The molecule has 3 heteroatoms. The molecule has 1 heterocycles. The molecular formula is C17H22N2O. The Morgan fingerprint density at radius 3 is 2.35 bits per heavy atom. The van der Waals surface area contributed by atoms with Crippen LogP contribution in [0, 0.1) is 0 Å². The second kappa shape index (κ2) is 6.53. The lowest BCUT2D eigenvalue weighted by Crippen LogP contribution is -2.32. The van der Waals surface area contributed by atoms with Crippen LogP contribution in [0.3, 0.4) is 0 Å². The van der Waals surface area contributed by atoms with Crippen LogP contribution in [0.15, 0.2) is 48.7 Å². The van der Waals surface area contributed by atoms with E-state index in [0.29, 0.717) is 6.04 Å². The smallest absolute Gasteiger partial charge is 0.134 e. The Balaban J connectivity index is 2.34. The highest BCUT2D eigenvalue weighted by molar-refractivity contribution is 5.49. The van der Waals surface area contributed by atoms with Crippen molar-refractivity contribution in [3.05, 3.63) is 59.8 Å². The molecule has 1 aromatic heterocycles. The molecular weight excluding hydrogens is 248 g/mol. The second-order valence-electron chi connectivity index (χ2n) is 5.30. The van der Waals surface area contributed by atoms with Crippen molar-refractivity contribution in [1.29, 1.82) is 0 Å². The van der Waals surface area contributed by atoms with Gasteiger partial charge in [-0.25, -0.2) is 4.98 Å². The van der Waals surface area contributed by atoms with Gasteiger partial charge in [-0.1, -0.05) is 36.4 Å². The van der Waals surface area contributed by atoms with Crippen LogP contribution in [-0.2, 0) is 6.54 Å². The Labute approximate surface area is 120 Å². The zero-order valence-corrected chi connectivity index (χ0v) is 12.3. The Bertz CT molecular complexity index is 538. The van der Waals surface area contributed by atoms with Gasteiger partial charge in [0.05, 0.1) is 6.10 Å². The van der Waals surface area contributed by atoms with Crippen LogP contribution in [0.2, 0.25) is 0 Å². The summed E-state index contributed by atoms with van der Waals surface area (Å²) >= 11 is 0. The molecule has 0 aliphatic carbocycles. The van der Waals surface area contributed by atoms with Gasteiger partial charge in [0.1, 0.15) is 5.82 Å². The molecule has 106 valence electrons. The number of aliphatic hydroxyl groups is 1. The molecule has 1 atom stereocenters. The molecule has 2 rings (SSSR count). The van der Waals surface area contributed by atoms with Crippen molar-refractivity contribution in [3.63, 3.8) is 0 Å². The molecule has 0 amide bonds. The minimum atomic E-state index is -0.518. The molecule has 0 fully saturated rings. The van der Waals surface area contributed by atoms with Gasteiger partial charge in [0.25, 0.3) is 0 Å². The maximum absolute atomic E-state index is 9.93. The average molecular weight is 270 g/mol. The highest BCUT2D eigenvalue weighted by Crippen LogP contribution is 2.26. The van der Waals surface area contributed by atoms with Crippen LogP contribution in [0.5, 0.6) is 0 Å². The fourth-order valence-electron chi connectivity index (χ4n) is 2.26. The van der Waals surface area contributed by atoms with Crippen molar-refractivity contribution in [2.45, 2.75) is 39.5 Å². The van der Waals surface area contributed by atoms with Crippen LogP contribution in [0.1, 0.15) is 38.0 Å². The Hall–Kier alpha value is -1.87. The molecule has 0 saturated heterocycles. The normalized spacial score (nSPS) is 12.4. The zero-order chi connectivity index (χ0) is 14.5. The zero-order valence-electron chi connectivity index (χ0n) is 12.3. The molecule has 0 aliphatic rings.